The number of hydrogen-bond acceptors (Lipinski definition) is 18. The number of nitro groups is 2. The zero-order chi connectivity index (χ0) is 40.2. The van der Waals surface area contributed by atoms with Crippen LogP contribution in [-0.2, 0) is 0 Å². The zero-order valence-corrected chi connectivity index (χ0v) is 30.1. The number of rotatable bonds is 6. The lowest BCUT2D eigenvalue weighted by Crippen LogP contribution is -1.99. The minimum absolute atomic E-state index is 0.0376. The molecule has 4 heterocycles. The van der Waals surface area contributed by atoms with Crippen LogP contribution in [-0.4, -0.2) is 90.7 Å². The maximum atomic E-state index is 10.4. The smallest absolute Gasteiger partial charge is 0.269 e. The van der Waals surface area contributed by atoms with Crippen molar-refractivity contribution < 1.29 is 9.85 Å². The normalized spacial score (nSPS) is 10.2. The van der Waals surface area contributed by atoms with E-state index in [1.54, 1.807) is 61.9 Å². The summed E-state index contributed by atoms with van der Waals surface area (Å²) < 4.78 is 3.16. The Morgan fingerprint density at radius 1 is 0.464 bits per heavy atom. The summed E-state index contributed by atoms with van der Waals surface area (Å²) in [6.07, 6.45) is 0. The summed E-state index contributed by atoms with van der Waals surface area (Å²) in [6.45, 7) is 7.10. The third-order valence-electron chi connectivity index (χ3n) is 7.14. The number of aryl methyl sites for hydroxylation is 4. The second-order valence-corrected chi connectivity index (χ2v) is 11.3. The van der Waals surface area contributed by atoms with Crippen molar-refractivity contribution in [1.29, 1.82) is 0 Å². The first-order valence-electron chi connectivity index (χ1n) is 16.1. The highest BCUT2D eigenvalue weighted by Crippen LogP contribution is 2.16. The molecule has 0 radical (unpaired) electrons. The molecule has 4 N–H and O–H groups in total. The Kier molecular flexibility index (Phi) is 12.4. The molecule has 0 atom stereocenters. The van der Waals surface area contributed by atoms with E-state index in [9.17, 15) is 20.2 Å². The lowest BCUT2D eigenvalue weighted by atomic mass is 10.3. The summed E-state index contributed by atoms with van der Waals surface area (Å²) >= 11 is 0. The molecule has 24 heteroatoms. The van der Waals surface area contributed by atoms with Crippen LogP contribution in [0.1, 0.15) is 23.3 Å². The van der Waals surface area contributed by atoms with Gasteiger partial charge in [-0.15, -0.1) is 40.2 Å². The van der Waals surface area contributed by atoms with Crippen LogP contribution in [0.5, 0.6) is 0 Å². The summed E-state index contributed by atoms with van der Waals surface area (Å²) in [5.74, 6) is 2.58. The minimum atomic E-state index is -0.455. The molecule has 0 aliphatic rings. The molecule has 0 unspecified atom stereocenters. The molecule has 0 amide bonds. The van der Waals surface area contributed by atoms with Gasteiger partial charge < -0.3 is 11.5 Å². The van der Waals surface area contributed by atoms with Crippen LogP contribution < -0.4 is 11.5 Å². The molecule has 0 saturated carbocycles. The van der Waals surface area contributed by atoms with E-state index in [-0.39, 0.29) is 11.4 Å². The first-order chi connectivity index (χ1) is 26.9. The average molecular weight is 761 g/mol. The lowest BCUT2D eigenvalue weighted by Gasteiger charge is -2.00. The van der Waals surface area contributed by atoms with Crippen molar-refractivity contribution in [3.8, 4) is 22.7 Å². The van der Waals surface area contributed by atoms with Gasteiger partial charge >= 0.3 is 0 Å². The fourth-order valence-corrected chi connectivity index (χ4v) is 4.37. The van der Waals surface area contributed by atoms with Gasteiger partial charge in [0.2, 0.25) is 0 Å². The van der Waals surface area contributed by atoms with E-state index in [0.717, 1.165) is 28.6 Å². The molecule has 0 spiro atoms. The number of nitrogens with zero attached hydrogens (tertiary/aromatic N) is 18. The van der Waals surface area contributed by atoms with Gasteiger partial charge in [0.25, 0.3) is 11.4 Å². The van der Waals surface area contributed by atoms with E-state index in [1.807, 2.05) is 43.3 Å². The van der Waals surface area contributed by atoms with Crippen LogP contribution in [0.3, 0.4) is 0 Å². The number of benzene rings is 4. The standard InChI is InChI=1S/2C8H7N5O2.2C8H9N5/c1-6-9-10-11-12(6)7-2-4-8(5-3-7)13(14)15;1-6-9-11-12(10-6)7-2-4-8(5-3-7)13(14)15;1-6-10-11-12-13(6)8-4-2-7(9)3-5-8;1-6-10-12-13(11-6)8-4-2-7(9)3-5-8/h2*2-5H,1H3;2*2-5H,9H2,1H3. The topological polar surface area (TPSA) is 313 Å². The molecule has 4 aromatic heterocycles. The van der Waals surface area contributed by atoms with Crippen LogP contribution in [0.2, 0.25) is 0 Å². The van der Waals surface area contributed by atoms with Crippen molar-refractivity contribution in [2.45, 2.75) is 27.7 Å². The molecular formula is C32H32N20O4. The molecule has 24 nitrogen and oxygen atoms in total. The monoisotopic (exact) mass is 760 g/mol. The number of hydrogen-bond donors (Lipinski definition) is 2. The minimum Gasteiger partial charge on any atom is -0.399 e. The molecule has 8 rings (SSSR count). The Bertz CT molecular complexity index is 2490. The Labute approximate surface area is 315 Å². The van der Waals surface area contributed by atoms with Crippen molar-refractivity contribution in [3.05, 3.63) is 141 Å². The number of nitrogens with two attached hydrogens (primary N) is 2. The first kappa shape index (κ1) is 38.8. The number of nitrogen functional groups attached to an aromatic ring is 2. The predicted molar refractivity (Wildman–Crippen MR) is 198 cm³/mol. The zero-order valence-electron chi connectivity index (χ0n) is 30.1. The number of non-ortho nitro benzene ring substituents is 2. The molecule has 4 aromatic carbocycles. The van der Waals surface area contributed by atoms with E-state index in [0.29, 0.717) is 28.8 Å². The highest BCUT2D eigenvalue weighted by molar-refractivity contribution is 5.45. The van der Waals surface area contributed by atoms with Gasteiger partial charge in [-0.05, 0) is 132 Å². The third kappa shape index (κ3) is 10.3. The van der Waals surface area contributed by atoms with E-state index in [2.05, 4.69) is 61.9 Å². The molecule has 0 saturated heterocycles. The van der Waals surface area contributed by atoms with E-state index < -0.39 is 9.85 Å². The van der Waals surface area contributed by atoms with Crippen LogP contribution in [0.4, 0.5) is 22.7 Å². The van der Waals surface area contributed by atoms with Crippen LogP contribution >= 0.6 is 0 Å². The highest BCUT2D eigenvalue weighted by atomic mass is 16.6. The Morgan fingerprint density at radius 2 is 0.786 bits per heavy atom. The molecule has 8 aromatic rings. The Balaban J connectivity index is 0.000000143. The number of aromatic nitrogens is 16. The maximum Gasteiger partial charge on any atom is 0.269 e. The van der Waals surface area contributed by atoms with Crippen molar-refractivity contribution in [2.75, 3.05) is 11.5 Å². The number of nitro benzene ring substituents is 2. The Morgan fingerprint density at radius 3 is 1.07 bits per heavy atom. The van der Waals surface area contributed by atoms with Crippen molar-refractivity contribution in [3.63, 3.8) is 0 Å². The fraction of sp³-hybridized carbons (Fsp3) is 0.125. The Hall–Kier alpha value is -8.44. The van der Waals surface area contributed by atoms with Crippen LogP contribution in [0.25, 0.3) is 22.7 Å². The average Bonchev–Trinajstić information content (AvgIpc) is 4.03. The lowest BCUT2D eigenvalue weighted by molar-refractivity contribution is -0.385. The first-order valence-corrected chi connectivity index (χ1v) is 16.1. The molecule has 284 valence electrons. The van der Waals surface area contributed by atoms with E-state index >= 15 is 0 Å². The molecule has 0 bridgehead atoms. The summed E-state index contributed by atoms with van der Waals surface area (Å²) in [4.78, 5) is 22.7. The molecule has 56 heavy (non-hydrogen) atoms. The second kappa shape index (κ2) is 17.9. The van der Waals surface area contributed by atoms with Gasteiger partial charge in [-0.25, -0.2) is 0 Å². The van der Waals surface area contributed by atoms with Gasteiger partial charge in [-0.3, -0.25) is 20.2 Å². The molecule has 0 fully saturated rings. The summed E-state index contributed by atoms with van der Waals surface area (Å²) in [7, 11) is 0. The van der Waals surface area contributed by atoms with E-state index in [4.69, 9.17) is 11.5 Å². The third-order valence-corrected chi connectivity index (χ3v) is 7.14. The van der Waals surface area contributed by atoms with Crippen LogP contribution in [0.15, 0.2) is 97.1 Å². The van der Waals surface area contributed by atoms with Crippen LogP contribution in [0, 0.1) is 47.9 Å². The van der Waals surface area contributed by atoms with Gasteiger partial charge in [-0.1, -0.05) is 0 Å². The maximum absolute atomic E-state index is 10.4. The second-order valence-electron chi connectivity index (χ2n) is 11.3. The van der Waals surface area contributed by atoms with Gasteiger partial charge in [0.15, 0.2) is 23.3 Å². The van der Waals surface area contributed by atoms with Gasteiger partial charge in [0.05, 0.1) is 32.6 Å². The van der Waals surface area contributed by atoms with Crippen molar-refractivity contribution >= 4 is 22.7 Å². The molecular weight excluding hydrogens is 728 g/mol. The number of tetrazole rings is 4. The fourth-order valence-electron chi connectivity index (χ4n) is 4.37. The highest BCUT2D eigenvalue weighted by Gasteiger charge is 2.08. The van der Waals surface area contributed by atoms with E-state index in [1.165, 1.54) is 38.5 Å². The predicted octanol–water partition coefficient (Wildman–Crippen LogP) is 2.86. The number of anilines is 2. The van der Waals surface area contributed by atoms with Gasteiger partial charge in [0, 0.05) is 35.6 Å². The summed E-state index contributed by atoms with van der Waals surface area (Å²) in [5, 5.41) is 66.1. The van der Waals surface area contributed by atoms with Crippen molar-refractivity contribution in [1.82, 2.24) is 80.8 Å². The van der Waals surface area contributed by atoms with Gasteiger partial charge in [-0.2, -0.15) is 9.36 Å². The summed E-state index contributed by atoms with van der Waals surface area (Å²) in [6, 6.07) is 26.6. The van der Waals surface area contributed by atoms with Gasteiger partial charge in [0.1, 0.15) is 0 Å². The summed E-state index contributed by atoms with van der Waals surface area (Å²) in [5.41, 5.74) is 15.7. The molecule has 0 aliphatic carbocycles. The SMILES string of the molecule is Cc1nnn(-c2ccc(N)cc2)n1.Cc1nnn(-c2ccc([N+](=O)[O-])cc2)n1.Cc1nnnn1-c1ccc(N)cc1.Cc1nnnn1-c1ccc([N+](=O)[O-])cc1. The quantitative estimate of drug-likeness (QED) is 0.140. The molecule has 0 aliphatic heterocycles. The van der Waals surface area contributed by atoms with Crippen molar-refractivity contribution in [2.24, 2.45) is 0 Å². The largest absolute Gasteiger partial charge is 0.399 e.